The molecule has 0 amide bonds. The molecule has 1 nitrogen and oxygen atoms in total. The summed E-state index contributed by atoms with van der Waals surface area (Å²) in [6, 6.07) is 7.64. The van der Waals surface area contributed by atoms with E-state index in [2.05, 4.69) is 19.2 Å². The average Bonchev–Trinajstić information content (AvgIpc) is 2.66. The minimum absolute atomic E-state index is 0.0510. The molecule has 1 aromatic rings. The molecule has 1 fully saturated rings. The van der Waals surface area contributed by atoms with E-state index in [0.717, 1.165) is 24.9 Å². The molecule has 2 unspecified atom stereocenters. The summed E-state index contributed by atoms with van der Waals surface area (Å²) in [4.78, 5) is 0. The Labute approximate surface area is 97.1 Å². The van der Waals surface area contributed by atoms with Gasteiger partial charge in [0.2, 0.25) is 0 Å². The molecule has 0 radical (unpaired) electrons. The van der Waals surface area contributed by atoms with Gasteiger partial charge < -0.3 is 5.32 Å². The third-order valence-electron chi connectivity index (χ3n) is 3.38. The summed E-state index contributed by atoms with van der Waals surface area (Å²) in [5, 5.41) is 3.50. The van der Waals surface area contributed by atoms with Crippen molar-refractivity contribution in [3.63, 3.8) is 0 Å². The van der Waals surface area contributed by atoms with Gasteiger partial charge in [-0.3, -0.25) is 0 Å². The molecule has 0 bridgehead atoms. The van der Waals surface area contributed by atoms with Gasteiger partial charge >= 0.3 is 0 Å². The lowest BCUT2D eigenvalue weighted by molar-refractivity contribution is 0.426. The Kier molecular flexibility index (Phi) is 3.59. The molecule has 1 aliphatic rings. The Bertz CT molecular complexity index is 348. The monoisotopic (exact) mass is 221 g/mol. The van der Waals surface area contributed by atoms with E-state index in [1.807, 2.05) is 12.1 Å². The van der Waals surface area contributed by atoms with Crippen LogP contribution in [-0.4, -0.2) is 12.6 Å². The largest absolute Gasteiger partial charge is 0.313 e. The van der Waals surface area contributed by atoms with E-state index < -0.39 is 0 Å². The van der Waals surface area contributed by atoms with Crippen LogP contribution in [0.1, 0.15) is 38.2 Å². The number of benzene rings is 1. The predicted octanol–water partition coefficient (Wildman–Crippen LogP) is 3.32. The summed E-state index contributed by atoms with van der Waals surface area (Å²) in [5.74, 6) is 0.957. The van der Waals surface area contributed by atoms with Crippen LogP contribution >= 0.6 is 0 Å². The summed E-state index contributed by atoms with van der Waals surface area (Å²) in [5.41, 5.74) is 0.887. The van der Waals surface area contributed by atoms with Crippen molar-refractivity contribution < 1.29 is 4.39 Å². The standard InChI is InChI=1S/C14H20FN/c1-10(2)9-14-12(7-8-16-14)11-5-3-4-6-13(11)15/h3-6,10,12,14,16H,7-9H2,1-2H3. The molecule has 1 saturated heterocycles. The van der Waals surface area contributed by atoms with E-state index in [4.69, 9.17) is 0 Å². The molecule has 2 rings (SSSR count). The van der Waals surface area contributed by atoms with Crippen molar-refractivity contribution in [3.05, 3.63) is 35.6 Å². The lowest BCUT2D eigenvalue weighted by Crippen LogP contribution is -2.27. The normalized spacial score (nSPS) is 25.2. The second kappa shape index (κ2) is 4.96. The van der Waals surface area contributed by atoms with Crippen LogP contribution in [0.15, 0.2) is 24.3 Å². The van der Waals surface area contributed by atoms with Gasteiger partial charge in [-0.05, 0) is 36.9 Å². The minimum atomic E-state index is -0.0510. The number of nitrogens with one attached hydrogen (secondary N) is 1. The second-order valence-corrected chi connectivity index (χ2v) is 5.11. The SMILES string of the molecule is CC(C)CC1NCCC1c1ccccc1F. The lowest BCUT2D eigenvalue weighted by atomic mass is 9.87. The summed E-state index contributed by atoms with van der Waals surface area (Å²) in [6.45, 7) is 5.45. The third-order valence-corrected chi connectivity index (χ3v) is 3.38. The topological polar surface area (TPSA) is 12.0 Å². The Morgan fingerprint density at radius 2 is 2.12 bits per heavy atom. The van der Waals surface area contributed by atoms with Crippen molar-refractivity contribution >= 4 is 0 Å². The van der Waals surface area contributed by atoms with Gasteiger partial charge in [-0.2, -0.15) is 0 Å². The number of hydrogen-bond donors (Lipinski definition) is 1. The smallest absolute Gasteiger partial charge is 0.126 e. The number of hydrogen-bond acceptors (Lipinski definition) is 1. The highest BCUT2D eigenvalue weighted by molar-refractivity contribution is 5.24. The zero-order chi connectivity index (χ0) is 11.5. The van der Waals surface area contributed by atoms with E-state index in [9.17, 15) is 4.39 Å². The molecule has 1 N–H and O–H groups in total. The highest BCUT2D eigenvalue weighted by atomic mass is 19.1. The van der Waals surface area contributed by atoms with E-state index in [1.165, 1.54) is 0 Å². The molecule has 0 spiro atoms. The first-order valence-electron chi connectivity index (χ1n) is 6.16. The molecule has 1 aliphatic heterocycles. The Balaban J connectivity index is 2.17. The molecule has 0 aliphatic carbocycles. The van der Waals surface area contributed by atoms with Crippen molar-refractivity contribution in [2.45, 2.75) is 38.6 Å². The molecule has 0 saturated carbocycles. The maximum atomic E-state index is 13.7. The van der Waals surface area contributed by atoms with Crippen molar-refractivity contribution in [1.29, 1.82) is 0 Å². The Hall–Kier alpha value is -0.890. The van der Waals surface area contributed by atoms with Crippen LogP contribution in [-0.2, 0) is 0 Å². The van der Waals surface area contributed by atoms with Gasteiger partial charge in [0, 0.05) is 12.0 Å². The fourth-order valence-corrected chi connectivity index (χ4v) is 2.67. The van der Waals surface area contributed by atoms with Crippen molar-refractivity contribution in [1.82, 2.24) is 5.32 Å². The van der Waals surface area contributed by atoms with Crippen LogP contribution in [0.4, 0.5) is 4.39 Å². The maximum Gasteiger partial charge on any atom is 0.126 e. The van der Waals surface area contributed by atoms with Gasteiger partial charge in [0.25, 0.3) is 0 Å². The van der Waals surface area contributed by atoms with Gasteiger partial charge in [-0.25, -0.2) is 4.39 Å². The number of halogens is 1. The molecule has 2 atom stereocenters. The van der Waals surface area contributed by atoms with Crippen molar-refractivity contribution in [2.75, 3.05) is 6.54 Å². The van der Waals surface area contributed by atoms with Crippen LogP contribution in [0.3, 0.4) is 0 Å². The zero-order valence-corrected chi connectivity index (χ0v) is 10.0. The average molecular weight is 221 g/mol. The van der Waals surface area contributed by atoms with Gasteiger partial charge in [-0.1, -0.05) is 32.0 Å². The molecule has 88 valence electrons. The van der Waals surface area contributed by atoms with Gasteiger partial charge in [0.05, 0.1) is 0 Å². The highest BCUT2D eigenvalue weighted by Gasteiger charge is 2.30. The summed E-state index contributed by atoms with van der Waals surface area (Å²) >= 11 is 0. The quantitative estimate of drug-likeness (QED) is 0.825. The van der Waals surface area contributed by atoms with Crippen molar-refractivity contribution in [3.8, 4) is 0 Å². The summed E-state index contributed by atoms with van der Waals surface area (Å²) in [6.07, 6.45) is 2.18. The van der Waals surface area contributed by atoms with Crippen LogP contribution < -0.4 is 5.32 Å². The molecule has 2 heteroatoms. The van der Waals surface area contributed by atoms with Crippen LogP contribution in [0.5, 0.6) is 0 Å². The highest BCUT2D eigenvalue weighted by Crippen LogP contribution is 2.32. The predicted molar refractivity (Wildman–Crippen MR) is 65.0 cm³/mol. The van der Waals surface area contributed by atoms with E-state index in [1.54, 1.807) is 12.1 Å². The lowest BCUT2D eigenvalue weighted by Gasteiger charge is -2.22. The van der Waals surface area contributed by atoms with Crippen LogP contribution in [0.2, 0.25) is 0 Å². The van der Waals surface area contributed by atoms with Crippen molar-refractivity contribution in [2.24, 2.45) is 5.92 Å². The first-order chi connectivity index (χ1) is 7.68. The van der Waals surface area contributed by atoms with E-state index in [-0.39, 0.29) is 5.82 Å². The maximum absolute atomic E-state index is 13.7. The molecule has 1 aromatic carbocycles. The summed E-state index contributed by atoms with van der Waals surface area (Å²) < 4.78 is 13.7. The van der Waals surface area contributed by atoms with E-state index >= 15 is 0 Å². The minimum Gasteiger partial charge on any atom is -0.313 e. The van der Waals surface area contributed by atoms with Gasteiger partial charge in [-0.15, -0.1) is 0 Å². The summed E-state index contributed by atoms with van der Waals surface area (Å²) in [7, 11) is 0. The van der Waals surface area contributed by atoms with E-state index in [0.29, 0.717) is 17.9 Å². The molecule has 16 heavy (non-hydrogen) atoms. The van der Waals surface area contributed by atoms with Crippen LogP contribution in [0, 0.1) is 11.7 Å². The zero-order valence-electron chi connectivity index (χ0n) is 10.0. The molecule has 0 aromatic heterocycles. The second-order valence-electron chi connectivity index (χ2n) is 5.11. The first kappa shape index (κ1) is 11.6. The Morgan fingerprint density at radius 3 is 2.81 bits per heavy atom. The number of rotatable bonds is 3. The first-order valence-corrected chi connectivity index (χ1v) is 6.16. The molecule has 1 heterocycles. The third kappa shape index (κ3) is 2.43. The molecular formula is C14H20FN. The fraction of sp³-hybridized carbons (Fsp3) is 0.571. The molecular weight excluding hydrogens is 201 g/mol. The fourth-order valence-electron chi connectivity index (χ4n) is 2.67. The Morgan fingerprint density at radius 1 is 1.38 bits per heavy atom. The van der Waals surface area contributed by atoms with Gasteiger partial charge in [0.1, 0.15) is 5.82 Å². The van der Waals surface area contributed by atoms with Crippen LogP contribution in [0.25, 0.3) is 0 Å². The van der Waals surface area contributed by atoms with Gasteiger partial charge in [0.15, 0.2) is 0 Å².